The van der Waals surface area contributed by atoms with Gasteiger partial charge < -0.3 is 11.1 Å². The molecule has 3 N–H and O–H groups in total. The first-order valence-electron chi connectivity index (χ1n) is 5.46. The molecule has 0 atom stereocenters. The summed E-state index contributed by atoms with van der Waals surface area (Å²) in [7, 11) is 0. The highest BCUT2D eigenvalue weighted by atomic mass is 19.1. The molecular formula is C14H10FN3O. The molecule has 5 heteroatoms. The van der Waals surface area contributed by atoms with Gasteiger partial charge in [-0.2, -0.15) is 5.26 Å². The Bertz CT molecular complexity index is 659. The number of primary amides is 1. The number of anilines is 2. The fourth-order valence-corrected chi connectivity index (χ4v) is 1.56. The first kappa shape index (κ1) is 12.6. The number of rotatable bonds is 3. The van der Waals surface area contributed by atoms with Gasteiger partial charge in [-0.25, -0.2) is 4.39 Å². The van der Waals surface area contributed by atoms with Crippen molar-refractivity contribution in [3.05, 3.63) is 59.4 Å². The Balaban J connectivity index is 2.22. The minimum atomic E-state index is -0.517. The average Bonchev–Trinajstić information content (AvgIpc) is 2.41. The van der Waals surface area contributed by atoms with Crippen molar-refractivity contribution in [1.82, 2.24) is 0 Å². The molecule has 0 fully saturated rings. The monoisotopic (exact) mass is 255 g/mol. The van der Waals surface area contributed by atoms with Crippen LogP contribution in [0.25, 0.3) is 0 Å². The Morgan fingerprint density at radius 3 is 2.42 bits per heavy atom. The van der Waals surface area contributed by atoms with Crippen molar-refractivity contribution in [2.45, 2.75) is 0 Å². The lowest BCUT2D eigenvalue weighted by molar-refractivity contribution is 0.100. The highest BCUT2D eigenvalue weighted by Gasteiger charge is 2.05. The summed E-state index contributed by atoms with van der Waals surface area (Å²) in [6, 6.07) is 12.4. The second-order valence-electron chi connectivity index (χ2n) is 3.87. The standard InChI is InChI=1S/C14H10FN3O/c15-12-7-9(8-16)1-6-13(12)18-11-4-2-10(3-5-11)14(17)19/h1-7,18H,(H2,17,19). The molecule has 1 amide bonds. The van der Waals surface area contributed by atoms with Gasteiger partial charge in [-0.05, 0) is 42.5 Å². The third-order valence-electron chi connectivity index (χ3n) is 2.55. The fourth-order valence-electron chi connectivity index (χ4n) is 1.56. The summed E-state index contributed by atoms with van der Waals surface area (Å²) in [5.74, 6) is -1.03. The smallest absolute Gasteiger partial charge is 0.248 e. The van der Waals surface area contributed by atoms with Gasteiger partial charge in [0.15, 0.2) is 0 Å². The number of carbonyl (C=O) groups is 1. The van der Waals surface area contributed by atoms with Gasteiger partial charge in [0.2, 0.25) is 5.91 Å². The van der Waals surface area contributed by atoms with Crippen molar-refractivity contribution in [3.8, 4) is 6.07 Å². The van der Waals surface area contributed by atoms with E-state index in [9.17, 15) is 9.18 Å². The predicted octanol–water partition coefficient (Wildman–Crippen LogP) is 2.54. The molecule has 2 rings (SSSR count). The first-order chi connectivity index (χ1) is 9.10. The number of nitrogens with zero attached hydrogens (tertiary/aromatic N) is 1. The molecule has 0 unspecified atom stereocenters. The van der Waals surface area contributed by atoms with Crippen LogP contribution in [-0.4, -0.2) is 5.91 Å². The molecule has 2 aromatic carbocycles. The van der Waals surface area contributed by atoms with E-state index < -0.39 is 11.7 Å². The second-order valence-corrected chi connectivity index (χ2v) is 3.87. The molecule has 0 spiro atoms. The molecule has 0 aliphatic carbocycles. The molecule has 0 saturated carbocycles. The first-order valence-corrected chi connectivity index (χ1v) is 5.46. The van der Waals surface area contributed by atoms with E-state index in [-0.39, 0.29) is 11.3 Å². The number of hydrogen-bond acceptors (Lipinski definition) is 3. The topological polar surface area (TPSA) is 78.9 Å². The molecule has 0 aromatic heterocycles. The Labute approximate surface area is 109 Å². The maximum absolute atomic E-state index is 13.6. The SMILES string of the molecule is N#Cc1ccc(Nc2ccc(C(N)=O)cc2)c(F)c1. The Morgan fingerprint density at radius 2 is 1.89 bits per heavy atom. The maximum Gasteiger partial charge on any atom is 0.248 e. The zero-order valence-corrected chi connectivity index (χ0v) is 9.85. The highest BCUT2D eigenvalue weighted by molar-refractivity contribution is 5.93. The number of nitrogens with one attached hydrogen (secondary N) is 1. The molecule has 0 heterocycles. The molecule has 94 valence electrons. The lowest BCUT2D eigenvalue weighted by Gasteiger charge is -2.08. The number of nitrogens with two attached hydrogens (primary N) is 1. The summed E-state index contributed by atoms with van der Waals surface area (Å²) in [6.07, 6.45) is 0. The van der Waals surface area contributed by atoms with E-state index >= 15 is 0 Å². The van der Waals surface area contributed by atoms with Crippen LogP contribution in [0.15, 0.2) is 42.5 Å². The number of hydrogen-bond donors (Lipinski definition) is 2. The number of amides is 1. The minimum absolute atomic E-state index is 0.255. The Morgan fingerprint density at radius 1 is 1.21 bits per heavy atom. The van der Waals surface area contributed by atoms with Crippen LogP contribution in [0.5, 0.6) is 0 Å². The summed E-state index contributed by atoms with van der Waals surface area (Å²) in [4.78, 5) is 10.9. The molecule has 0 saturated heterocycles. The Kier molecular flexibility index (Phi) is 3.44. The molecule has 0 aliphatic heterocycles. The van der Waals surface area contributed by atoms with Crippen LogP contribution in [0.2, 0.25) is 0 Å². The van der Waals surface area contributed by atoms with Crippen LogP contribution in [0.3, 0.4) is 0 Å². The summed E-state index contributed by atoms with van der Waals surface area (Å²) in [5, 5.41) is 11.5. The van der Waals surface area contributed by atoms with Crippen molar-refractivity contribution in [2.75, 3.05) is 5.32 Å². The fraction of sp³-hybridized carbons (Fsp3) is 0. The van der Waals surface area contributed by atoms with Gasteiger partial charge >= 0.3 is 0 Å². The van der Waals surface area contributed by atoms with Crippen molar-refractivity contribution >= 4 is 17.3 Å². The van der Waals surface area contributed by atoms with Crippen molar-refractivity contribution < 1.29 is 9.18 Å². The van der Waals surface area contributed by atoms with E-state index in [0.29, 0.717) is 11.3 Å². The van der Waals surface area contributed by atoms with Crippen molar-refractivity contribution in [3.63, 3.8) is 0 Å². The van der Waals surface area contributed by atoms with Crippen molar-refractivity contribution in [1.29, 1.82) is 5.26 Å². The summed E-state index contributed by atoms with van der Waals surface area (Å²) >= 11 is 0. The summed E-state index contributed by atoms with van der Waals surface area (Å²) in [6.45, 7) is 0. The normalized spacial score (nSPS) is 9.68. The van der Waals surface area contributed by atoms with Crippen LogP contribution < -0.4 is 11.1 Å². The molecule has 0 bridgehead atoms. The average molecular weight is 255 g/mol. The number of nitriles is 1. The maximum atomic E-state index is 13.6. The van der Waals surface area contributed by atoms with Crippen molar-refractivity contribution in [2.24, 2.45) is 5.73 Å². The lowest BCUT2D eigenvalue weighted by Crippen LogP contribution is -2.10. The predicted molar refractivity (Wildman–Crippen MR) is 69.4 cm³/mol. The van der Waals surface area contributed by atoms with Crippen LogP contribution in [0.4, 0.5) is 15.8 Å². The third kappa shape index (κ3) is 2.87. The van der Waals surface area contributed by atoms with E-state index in [0.717, 1.165) is 6.07 Å². The van der Waals surface area contributed by atoms with E-state index in [1.165, 1.54) is 12.1 Å². The van der Waals surface area contributed by atoms with E-state index in [4.69, 9.17) is 11.0 Å². The molecule has 4 nitrogen and oxygen atoms in total. The van der Waals surface area contributed by atoms with E-state index in [1.54, 1.807) is 24.3 Å². The number of carbonyl (C=O) groups excluding carboxylic acids is 1. The van der Waals surface area contributed by atoms with Gasteiger partial charge in [-0.3, -0.25) is 4.79 Å². The molecule has 0 radical (unpaired) electrons. The number of benzene rings is 2. The zero-order valence-electron chi connectivity index (χ0n) is 9.85. The highest BCUT2D eigenvalue weighted by Crippen LogP contribution is 2.21. The van der Waals surface area contributed by atoms with Gasteiger partial charge in [0.05, 0.1) is 17.3 Å². The van der Waals surface area contributed by atoms with Gasteiger partial charge in [0.25, 0.3) is 0 Å². The number of halogens is 1. The van der Waals surface area contributed by atoms with Crippen LogP contribution in [0, 0.1) is 17.1 Å². The zero-order chi connectivity index (χ0) is 13.8. The third-order valence-corrected chi connectivity index (χ3v) is 2.55. The quantitative estimate of drug-likeness (QED) is 0.884. The second kappa shape index (κ2) is 5.19. The van der Waals surface area contributed by atoms with Gasteiger partial charge in [0, 0.05) is 11.3 Å². The van der Waals surface area contributed by atoms with E-state index in [1.807, 2.05) is 6.07 Å². The summed E-state index contributed by atoms with van der Waals surface area (Å²) in [5.41, 5.74) is 6.63. The lowest BCUT2D eigenvalue weighted by atomic mass is 10.1. The van der Waals surface area contributed by atoms with Crippen LogP contribution >= 0.6 is 0 Å². The molecule has 2 aromatic rings. The molecular weight excluding hydrogens is 245 g/mol. The Hall–Kier alpha value is -2.87. The van der Waals surface area contributed by atoms with E-state index in [2.05, 4.69) is 5.32 Å². The van der Waals surface area contributed by atoms with Gasteiger partial charge in [0.1, 0.15) is 5.82 Å². The summed E-state index contributed by atoms with van der Waals surface area (Å²) < 4.78 is 13.6. The minimum Gasteiger partial charge on any atom is -0.366 e. The van der Waals surface area contributed by atoms with Gasteiger partial charge in [-0.1, -0.05) is 0 Å². The largest absolute Gasteiger partial charge is 0.366 e. The van der Waals surface area contributed by atoms with Crippen LogP contribution in [-0.2, 0) is 0 Å². The molecule has 0 aliphatic rings. The van der Waals surface area contributed by atoms with Crippen LogP contribution in [0.1, 0.15) is 15.9 Å². The molecule has 19 heavy (non-hydrogen) atoms. The van der Waals surface area contributed by atoms with Gasteiger partial charge in [-0.15, -0.1) is 0 Å².